The molecule has 7 heteroatoms. The number of ether oxygens (including phenoxy) is 1. The second kappa shape index (κ2) is 8.31. The van der Waals surface area contributed by atoms with Gasteiger partial charge in [0.2, 0.25) is 5.91 Å². The predicted octanol–water partition coefficient (Wildman–Crippen LogP) is 1.12. The summed E-state index contributed by atoms with van der Waals surface area (Å²) in [4.78, 5) is 29.3. The lowest BCUT2D eigenvalue weighted by atomic mass is 10.0. The Labute approximate surface area is 147 Å². The number of imidazole rings is 1. The molecule has 1 aromatic heterocycles. The van der Waals surface area contributed by atoms with Crippen LogP contribution in [-0.2, 0) is 9.53 Å². The molecule has 3 rings (SSSR count). The number of carbonyl (C=O) groups is 1. The van der Waals surface area contributed by atoms with Crippen LogP contribution in [0.2, 0.25) is 0 Å². The minimum Gasteiger partial charge on any atom is -0.385 e. The normalized spacial score (nSPS) is 16.4. The fourth-order valence-corrected chi connectivity index (χ4v) is 3.48. The molecular formula is C18H26N4O3. The molecule has 0 radical (unpaired) electrons. The number of H-pyrrole nitrogens is 1. The second-order valence-electron chi connectivity index (χ2n) is 6.52. The quantitative estimate of drug-likeness (QED) is 0.737. The van der Waals surface area contributed by atoms with E-state index in [1.807, 2.05) is 28.8 Å². The summed E-state index contributed by atoms with van der Waals surface area (Å²) in [5.41, 5.74) is 1.79. The van der Waals surface area contributed by atoms with Crippen molar-refractivity contribution >= 4 is 16.9 Å². The highest BCUT2D eigenvalue weighted by molar-refractivity contribution is 5.78. The van der Waals surface area contributed by atoms with E-state index >= 15 is 0 Å². The summed E-state index contributed by atoms with van der Waals surface area (Å²) in [6.07, 6.45) is 2.57. The fourth-order valence-electron chi connectivity index (χ4n) is 3.48. The molecule has 7 nitrogen and oxygen atoms in total. The van der Waals surface area contributed by atoms with E-state index in [4.69, 9.17) is 4.74 Å². The molecule has 136 valence electrons. The Balaban J connectivity index is 1.52. The Morgan fingerprint density at radius 1 is 1.32 bits per heavy atom. The fraction of sp³-hybridized carbons (Fsp3) is 0.556. The van der Waals surface area contributed by atoms with Crippen LogP contribution in [0, 0.1) is 0 Å². The molecule has 2 aromatic rings. The molecule has 1 amide bonds. The van der Waals surface area contributed by atoms with Gasteiger partial charge in [0.05, 0.1) is 17.6 Å². The summed E-state index contributed by atoms with van der Waals surface area (Å²) < 4.78 is 6.84. The van der Waals surface area contributed by atoms with Crippen molar-refractivity contribution in [2.75, 3.05) is 39.9 Å². The first-order valence-corrected chi connectivity index (χ1v) is 8.86. The number of para-hydroxylation sites is 2. The average molecular weight is 346 g/mol. The number of piperidine rings is 1. The van der Waals surface area contributed by atoms with E-state index in [2.05, 4.69) is 15.2 Å². The number of nitrogens with one attached hydrogen (secondary N) is 2. The molecule has 25 heavy (non-hydrogen) atoms. The van der Waals surface area contributed by atoms with Crippen LogP contribution < -0.4 is 11.0 Å². The topological polar surface area (TPSA) is 79.4 Å². The summed E-state index contributed by atoms with van der Waals surface area (Å²) >= 11 is 0. The van der Waals surface area contributed by atoms with Crippen molar-refractivity contribution in [3.05, 3.63) is 34.7 Å². The van der Waals surface area contributed by atoms with E-state index in [1.54, 1.807) is 7.11 Å². The van der Waals surface area contributed by atoms with Gasteiger partial charge in [0, 0.05) is 39.4 Å². The number of amides is 1. The number of likely N-dealkylation sites (tertiary alicyclic amines) is 1. The van der Waals surface area contributed by atoms with Crippen molar-refractivity contribution in [2.24, 2.45) is 0 Å². The number of aromatic amines is 1. The molecule has 1 aliphatic heterocycles. The standard InChI is InChI=1S/C18H26N4O3/c1-25-12-4-9-19-17(23)13-21-10-7-14(8-11-21)22-16-6-3-2-5-15(16)20-18(22)24/h2-3,5-6,14H,4,7-13H2,1H3,(H,19,23)(H,20,24). The van der Waals surface area contributed by atoms with Crippen LogP contribution >= 0.6 is 0 Å². The van der Waals surface area contributed by atoms with Crippen molar-refractivity contribution in [1.82, 2.24) is 19.8 Å². The molecule has 0 aliphatic carbocycles. The van der Waals surface area contributed by atoms with Crippen LogP contribution in [0.5, 0.6) is 0 Å². The lowest BCUT2D eigenvalue weighted by molar-refractivity contribution is -0.122. The van der Waals surface area contributed by atoms with Crippen LogP contribution in [0.3, 0.4) is 0 Å². The SMILES string of the molecule is COCCCNC(=O)CN1CCC(n2c(=O)[nH]c3ccccc32)CC1. The molecule has 0 spiro atoms. The van der Waals surface area contributed by atoms with E-state index in [0.29, 0.717) is 19.7 Å². The Kier molecular flexibility index (Phi) is 5.88. The third-order valence-electron chi connectivity index (χ3n) is 4.76. The zero-order chi connectivity index (χ0) is 17.6. The molecule has 2 heterocycles. The summed E-state index contributed by atoms with van der Waals surface area (Å²) in [7, 11) is 1.66. The van der Waals surface area contributed by atoms with Gasteiger partial charge in [-0.2, -0.15) is 0 Å². The number of hydrogen-bond donors (Lipinski definition) is 2. The highest BCUT2D eigenvalue weighted by atomic mass is 16.5. The lowest BCUT2D eigenvalue weighted by Crippen LogP contribution is -2.43. The zero-order valence-corrected chi connectivity index (χ0v) is 14.7. The second-order valence-corrected chi connectivity index (χ2v) is 6.52. The van der Waals surface area contributed by atoms with Gasteiger partial charge < -0.3 is 15.0 Å². The Hall–Kier alpha value is -2.12. The summed E-state index contributed by atoms with van der Waals surface area (Å²) in [6.45, 7) is 3.37. The molecule has 0 unspecified atom stereocenters. The van der Waals surface area contributed by atoms with Crippen LogP contribution in [0.4, 0.5) is 0 Å². The van der Waals surface area contributed by atoms with Gasteiger partial charge in [0.1, 0.15) is 0 Å². The summed E-state index contributed by atoms with van der Waals surface area (Å²) in [5, 5.41) is 2.92. The number of rotatable bonds is 7. The Morgan fingerprint density at radius 2 is 2.08 bits per heavy atom. The minimum atomic E-state index is -0.0458. The van der Waals surface area contributed by atoms with Crippen molar-refractivity contribution in [3.8, 4) is 0 Å². The van der Waals surface area contributed by atoms with Crippen molar-refractivity contribution in [2.45, 2.75) is 25.3 Å². The van der Waals surface area contributed by atoms with Gasteiger partial charge in [0.15, 0.2) is 0 Å². The highest BCUT2D eigenvalue weighted by Crippen LogP contribution is 2.24. The third kappa shape index (κ3) is 4.29. The molecule has 0 atom stereocenters. The first-order valence-electron chi connectivity index (χ1n) is 8.86. The van der Waals surface area contributed by atoms with Crippen LogP contribution in [0.15, 0.2) is 29.1 Å². The number of benzene rings is 1. The maximum Gasteiger partial charge on any atom is 0.326 e. The van der Waals surface area contributed by atoms with Gasteiger partial charge in [-0.25, -0.2) is 4.79 Å². The minimum absolute atomic E-state index is 0.0458. The number of fused-ring (bicyclic) bond motifs is 1. The van der Waals surface area contributed by atoms with Gasteiger partial charge in [-0.3, -0.25) is 14.3 Å². The van der Waals surface area contributed by atoms with E-state index in [0.717, 1.165) is 43.4 Å². The third-order valence-corrected chi connectivity index (χ3v) is 4.76. The maximum atomic E-state index is 12.3. The van der Waals surface area contributed by atoms with Crippen molar-refractivity contribution in [1.29, 1.82) is 0 Å². The smallest absolute Gasteiger partial charge is 0.326 e. The van der Waals surface area contributed by atoms with Crippen molar-refractivity contribution in [3.63, 3.8) is 0 Å². The monoisotopic (exact) mass is 346 g/mol. The highest BCUT2D eigenvalue weighted by Gasteiger charge is 2.24. The molecule has 0 bridgehead atoms. The number of hydrogen-bond acceptors (Lipinski definition) is 4. The number of carbonyl (C=O) groups excluding carboxylic acids is 1. The van der Waals surface area contributed by atoms with Gasteiger partial charge in [-0.15, -0.1) is 0 Å². The first-order chi connectivity index (χ1) is 12.2. The number of aromatic nitrogens is 2. The molecule has 2 N–H and O–H groups in total. The van der Waals surface area contributed by atoms with Crippen LogP contribution in [0.1, 0.15) is 25.3 Å². The molecule has 1 fully saturated rings. The van der Waals surface area contributed by atoms with E-state index in [9.17, 15) is 9.59 Å². The largest absolute Gasteiger partial charge is 0.385 e. The number of nitrogens with zero attached hydrogens (tertiary/aromatic N) is 2. The average Bonchev–Trinajstić information content (AvgIpc) is 2.95. The van der Waals surface area contributed by atoms with Gasteiger partial charge in [-0.1, -0.05) is 12.1 Å². The van der Waals surface area contributed by atoms with E-state index in [1.165, 1.54) is 0 Å². The molecule has 1 saturated heterocycles. The van der Waals surface area contributed by atoms with Crippen LogP contribution in [0.25, 0.3) is 11.0 Å². The van der Waals surface area contributed by atoms with E-state index in [-0.39, 0.29) is 17.6 Å². The predicted molar refractivity (Wildman–Crippen MR) is 96.8 cm³/mol. The van der Waals surface area contributed by atoms with Gasteiger partial charge >= 0.3 is 5.69 Å². The molecule has 1 aliphatic rings. The van der Waals surface area contributed by atoms with Crippen molar-refractivity contribution < 1.29 is 9.53 Å². The van der Waals surface area contributed by atoms with Gasteiger partial charge in [0.25, 0.3) is 0 Å². The molecule has 0 saturated carbocycles. The summed E-state index contributed by atoms with van der Waals surface area (Å²) in [5.74, 6) is 0.0545. The van der Waals surface area contributed by atoms with Crippen LogP contribution in [-0.4, -0.2) is 60.3 Å². The van der Waals surface area contributed by atoms with Gasteiger partial charge in [-0.05, 0) is 31.4 Å². The zero-order valence-electron chi connectivity index (χ0n) is 14.7. The maximum absolute atomic E-state index is 12.3. The lowest BCUT2D eigenvalue weighted by Gasteiger charge is -2.32. The number of methoxy groups -OCH3 is 1. The molecular weight excluding hydrogens is 320 g/mol. The van der Waals surface area contributed by atoms with E-state index < -0.39 is 0 Å². The summed E-state index contributed by atoms with van der Waals surface area (Å²) in [6, 6.07) is 7.97. The first kappa shape index (κ1) is 17.7. The Morgan fingerprint density at radius 3 is 2.84 bits per heavy atom. The molecule has 1 aromatic carbocycles. The Bertz CT molecular complexity index is 759.